The Balaban J connectivity index is 2.13. The molecule has 27 heavy (non-hydrogen) atoms. The van der Waals surface area contributed by atoms with Crippen molar-refractivity contribution in [3.05, 3.63) is 47.0 Å². The Labute approximate surface area is 156 Å². The number of carbonyl (C=O) groups is 2. The minimum absolute atomic E-state index is 0.0167. The Morgan fingerprint density at radius 3 is 2.78 bits per heavy atom. The number of ether oxygens (including phenoxy) is 3. The summed E-state index contributed by atoms with van der Waals surface area (Å²) in [5.41, 5.74) is 1.28. The van der Waals surface area contributed by atoms with Crippen molar-refractivity contribution in [3.8, 4) is 35.3 Å². The van der Waals surface area contributed by atoms with E-state index in [0.29, 0.717) is 22.6 Å². The van der Waals surface area contributed by atoms with Gasteiger partial charge in [-0.1, -0.05) is 12.0 Å². The fourth-order valence-electron chi connectivity index (χ4n) is 3.16. The molecule has 0 saturated carbocycles. The van der Waals surface area contributed by atoms with E-state index >= 15 is 0 Å². The molecule has 6 heteroatoms. The van der Waals surface area contributed by atoms with Crippen molar-refractivity contribution in [3.63, 3.8) is 0 Å². The maximum Gasteiger partial charge on any atom is 0.312 e. The largest absolute Gasteiger partial charge is 0.507 e. The van der Waals surface area contributed by atoms with Crippen LogP contribution in [0.3, 0.4) is 0 Å². The molecule has 0 aromatic heterocycles. The van der Waals surface area contributed by atoms with E-state index in [1.54, 1.807) is 18.2 Å². The van der Waals surface area contributed by atoms with Crippen LogP contribution in [0.25, 0.3) is 0 Å². The molecule has 0 bridgehead atoms. The number of rotatable bonds is 5. The second-order valence-electron chi connectivity index (χ2n) is 6.06. The highest BCUT2D eigenvalue weighted by Gasteiger charge is 2.33. The van der Waals surface area contributed by atoms with Gasteiger partial charge in [-0.3, -0.25) is 9.59 Å². The molecule has 0 spiro atoms. The Kier molecular flexibility index (Phi) is 5.04. The van der Waals surface area contributed by atoms with E-state index in [2.05, 4.69) is 5.92 Å². The zero-order valence-electron chi connectivity index (χ0n) is 14.9. The monoisotopic (exact) mass is 366 g/mol. The van der Waals surface area contributed by atoms with Gasteiger partial charge in [-0.25, -0.2) is 0 Å². The molecule has 0 fully saturated rings. The van der Waals surface area contributed by atoms with Crippen LogP contribution >= 0.6 is 0 Å². The topological polar surface area (TPSA) is 82.1 Å². The number of phenolic OH excluding ortho intramolecular Hbond substituents is 1. The number of carbonyl (C=O) groups excluding carboxylic acids is 2. The van der Waals surface area contributed by atoms with E-state index in [1.807, 2.05) is 0 Å². The van der Waals surface area contributed by atoms with Gasteiger partial charge in [0.2, 0.25) is 0 Å². The normalized spacial score (nSPS) is 15.3. The molecular formula is C21H18O6. The van der Waals surface area contributed by atoms with Crippen LogP contribution in [0.2, 0.25) is 0 Å². The second-order valence-corrected chi connectivity index (χ2v) is 6.06. The molecular weight excluding hydrogens is 348 g/mol. The predicted molar refractivity (Wildman–Crippen MR) is 97.5 cm³/mol. The van der Waals surface area contributed by atoms with Gasteiger partial charge in [0.1, 0.15) is 18.1 Å². The third-order valence-corrected chi connectivity index (χ3v) is 4.40. The summed E-state index contributed by atoms with van der Waals surface area (Å²) < 4.78 is 16.0. The summed E-state index contributed by atoms with van der Waals surface area (Å²) in [5.74, 6) is 2.16. The lowest BCUT2D eigenvalue weighted by atomic mass is 9.84. The van der Waals surface area contributed by atoms with Crippen LogP contribution in [0.4, 0.5) is 0 Å². The fourth-order valence-corrected chi connectivity index (χ4v) is 3.16. The molecule has 0 unspecified atom stereocenters. The van der Waals surface area contributed by atoms with Crippen LogP contribution in [0.1, 0.15) is 40.7 Å². The zero-order chi connectivity index (χ0) is 19.6. The van der Waals surface area contributed by atoms with Gasteiger partial charge in [0.25, 0.3) is 0 Å². The number of methoxy groups -OCH3 is 1. The second kappa shape index (κ2) is 7.42. The minimum atomic E-state index is -0.500. The van der Waals surface area contributed by atoms with Gasteiger partial charge < -0.3 is 19.3 Å². The predicted octanol–water partition coefficient (Wildman–Crippen LogP) is 3.06. The van der Waals surface area contributed by atoms with Gasteiger partial charge in [-0.05, 0) is 36.8 Å². The van der Waals surface area contributed by atoms with Gasteiger partial charge in [-0.15, -0.1) is 6.42 Å². The van der Waals surface area contributed by atoms with Crippen LogP contribution in [0, 0.1) is 12.3 Å². The summed E-state index contributed by atoms with van der Waals surface area (Å²) in [6.45, 7) is 1.42. The highest BCUT2D eigenvalue weighted by Crippen LogP contribution is 2.46. The molecule has 1 N–H and O–H groups in total. The maximum absolute atomic E-state index is 12.1. The number of benzene rings is 2. The minimum Gasteiger partial charge on any atom is -0.507 e. The van der Waals surface area contributed by atoms with E-state index in [4.69, 9.17) is 20.6 Å². The lowest BCUT2D eigenvalue weighted by Gasteiger charge is -2.27. The Morgan fingerprint density at radius 2 is 2.11 bits per heavy atom. The molecule has 138 valence electrons. The zero-order valence-corrected chi connectivity index (χ0v) is 14.9. The van der Waals surface area contributed by atoms with E-state index in [9.17, 15) is 14.7 Å². The SMILES string of the molecule is C#CCOc1cc([C@H]2CC(=O)Oc3ccc(C(C)=O)c(O)c32)ccc1OC. The number of Topliss-reactive ketones (excluding diaryl/α,β-unsaturated/α-hetero) is 1. The van der Waals surface area contributed by atoms with Crippen molar-refractivity contribution >= 4 is 11.8 Å². The quantitative estimate of drug-likeness (QED) is 0.379. The van der Waals surface area contributed by atoms with E-state index < -0.39 is 11.9 Å². The van der Waals surface area contributed by atoms with Crippen molar-refractivity contribution in [1.82, 2.24) is 0 Å². The molecule has 0 saturated heterocycles. The van der Waals surface area contributed by atoms with Gasteiger partial charge in [-0.2, -0.15) is 0 Å². The number of esters is 1. The third-order valence-electron chi connectivity index (χ3n) is 4.40. The Hall–Kier alpha value is -3.46. The molecule has 2 aromatic rings. The summed E-state index contributed by atoms with van der Waals surface area (Å²) in [6, 6.07) is 8.15. The number of ketones is 1. The molecule has 2 aromatic carbocycles. The number of fused-ring (bicyclic) bond motifs is 1. The van der Waals surface area contributed by atoms with E-state index in [-0.39, 0.29) is 35.9 Å². The highest BCUT2D eigenvalue weighted by atomic mass is 16.5. The van der Waals surface area contributed by atoms with Gasteiger partial charge in [0.05, 0.1) is 19.1 Å². The number of terminal acetylenes is 1. The van der Waals surface area contributed by atoms with Gasteiger partial charge in [0, 0.05) is 11.5 Å². The number of hydrogen-bond donors (Lipinski definition) is 1. The number of hydrogen-bond acceptors (Lipinski definition) is 6. The van der Waals surface area contributed by atoms with Crippen molar-refractivity contribution < 1.29 is 28.9 Å². The molecule has 3 rings (SSSR count). The van der Waals surface area contributed by atoms with Gasteiger partial charge in [0.15, 0.2) is 17.3 Å². The number of aromatic hydroxyl groups is 1. The third kappa shape index (κ3) is 3.44. The summed E-state index contributed by atoms with van der Waals surface area (Å²) in [5, 5.41) is 10.6. The van der Waals surface area contributed by atoms with E-state index in [1.165, 1.54) is 26.2 Å². The Morgan fingerprint density at radius 1 is 1.33 bits per heavy atom. The fraction of sp³-hybridized carbons (Fsp3) is 0.238. The molecule has 0 aliphatic carbocycles. The Bertz CT molecular complexity index is 954. The highest BCUT2D eigenvalue weighted by molar-refractivity contribution is 5.98. The van der Waals surface area contributed by atoms with Crippen LogP contribution in [-0.2, 0) is 4.79 Å². The van der Waals surface area contributed by atoms with Gasteiger partial charge >= 0.3 is 5.97 Å². The lowest BCUT2D eigenvalue weighted by Crippen LogP contribution is -2.21. The van der Waals surface area contributed by atoms with Crippen LogP contribution in [0.5, 0.6) is 23.0 Å². The first-order valence-electron chi connectivity index (χ1n) is 8.28. The standard InChI is InChI=1S/C21H18O6/c1-4-9-26-18-10-13(5-7-16(18)25-3)15-11-19(23)27-17-8-6-14(12(2)22)21(24)20(15)17/h1,5-8,10,15,24H,9,11H2,2-3H3/t15-/m1/s1. The van der Waals surface area contributed by atoms with Crippen LogP contribution in [-0.4, -0.2) is 30.6 Å². The average Bonchev–Trinajstić information content (AvgIpc) is 2.65. The molecule has 0 radical (unpaired) electrons. The molecule has 1 atom stereocenters. The molecule has 1 aliphatic rings. The molecule has 6 nitrogen and oxygen atoms in total. The van der Waals surface area contributed by atoms with Crippen molar-refractivity contribution in [2.45, 2.75) is 19.3 Å². The summed E-state index contributed by atoms with van der Waals surface area (Å²) in [6.07, 6.45) is 5.27. The van der Waals surface area contributed by atoms with Crippen LogP contribution < -0.4 is 14.2 Å². The first kappa shape index (κ1) is 18.3. The van der Waals surface area contributed by atoms with Crippen LogP contribution in [0.15, 0.2) is 30.3 Å². The van der Waals surface area contributed by atoms with Crippen molar-refractivity contribution in [2.75, 3.05) is 13.7 Å². The van der Waals surface area contributed by atoms with Crippen molar-refractivity contribution in [1.29, 1.82) is 0 Å². The summed E-state index contributed by atoms with van der Waals surface area (Å²) in [4.78, 5) is 23.9. The van der Waals surface area contributed by atoms with Crippen molar-refractivity contribution in [2.24, 2.45) is 0 Å². The lowest BCUT2D eigenvalue weighted by molar-refractivity contribution is -0.135. The molecule has 0 amide bonds. The average molecular weight is 366 g/mol. The summed E-state index contributed by atoms with van der Waals surface area (Å²) >= 11 is 0. The first-order valence-corrected chi connectivity index (χ1v) is 8.28. The number of phenols is 1. The first-order chi connectivity index (χ1) is 13.0. The smallest absolute Gasteiger partial charge is 0.312 e. The maximum atomic E-state index is 12.1. The summed E-state index contributed by atoms with van der Waals surface area (Å²) in [7, 11) is 1.51. The molecule has 1 aliphatic heterocycles. The molecule has 1 heterocycles. The van der Waals surface area contributed by atoms with E-state index in [0.717, 1.165) is 0 Å².